The summed E-state index contributed by atoms with van der Waals surface area (Å²) in [5, 5.41) is 0. The van der Waals surface area contributed by atoms with Crippen LogP contribution in [0, 0.1) is 5.82 Å². The van der Waals surface area contributed by atoms with Crippen molar-refractivity contribution >= 4 is 11.6 Å². The number of rotatable bonds is 7. The second-order valence-corrected chi connectivity index (χ2v) is 8.68. The molecule has 2 aliphatic heterocycles. The van der Waals surface area contributed by atoms with Crippen LogP contribution in [-0.4, -0.2) is 80.3 Å². The molecule has 0 N–H and O–H groups in total. The van der Waals surface area contributed by atoms with Crippen LogP contribution < -0.4 is 9.64 Å². The average molecular weight is 420 g/mol. The van der Waals surface area contributed by atoms with E-state index < -0.39 is 5.82 Å². The zero-order chi connectivity index (χ0) is 20.9. The molecule has 30 heavy (non-hydrogen) atoms. The van der Waals surface area contributed by atoms with Crippen molar-refractivity contribution in [2.75, 3.05) is 57.4 Å². The predicted octanol–water partition coefficient (Wildman–Crippen LogP) is 2.91. The van der Waals surface area contributed by atoms with Crippen LogP contribution in [0.5, 0.6) is 5.75 Å². The van der Waals surface area contributed by atoms with Gasteiger partial charge in [-0.25, -0.2) is 4.39 Å². The number of benzene rings is 1. The molecule has 1 aromatic rings. The molecular formula is C23H34FN3O3. The Morgan fingerprint density at radius 2 is 1.90 bits per heavy atom. The molecule has 166 valence electrons. The van der Waals surface area contributed by atoms with Crippen LogP contribution in [0.15, 0.2) is 18.2 Å². The summed E-state index contributed by atoms with van der Waals surface area (Å²) >= 11 is 0. The summed E-state index contributed by atoms with van der Waals surface area (Å²) in [7, 11) is 0. The normalized spacial score (nSPS) is 21.9. The monoisotopic (exact) mass is 419 g/mol. The molecule has 0 radical (unpaired) electrons. The summed E-state index contributed by atoms with van der Waals surface area (Å²) in [6, 6.07) is 5.67. The third kappa shape index (κ3) is 5.31. The van der Waals surface area contributed by atoms with E-state index >= 15 is 0 Å². The van der Waals surface area contributed by atoms with E-state index in [-0.39, 0.29) is 12.0 Å². The average Bonchev–Trinajstić information content (AvgIpc) is 2.70. The molecule has 6 nitrogen and oxygen atoms in total. The molecule has 3 aliphatic rings. The van der Waals surface area contributed by atoms with Crippen molar-refractivity contribution in [3.8, 4) is 5.75 Å². The van der Waals surface area contributed by atoms with Gasteiger partial charge in [-0.3, -0.25) is 9.69 Å². The van der Waals surface area contributed by atoms with Crippen LogP contribution in [0.3, 0.4) is 0 Å². The number of halogens is 1. The lowest BCUT2D eigenvalue weighted by Gasteiger charge is -2.41. The van der Waals surface area contributed by atoms with Gasteiger partial charge >= 0.3 is 0 Å². The summed E-state index contributed by atoms with van der Waals surface area (Å²) in [4.78, 5) is 18.5. The number of nitrogens with zero attached hydrogens (tertiary/aromatic N) is 3. The summed E-state index contributed by atoms with van der Waals surface area (Å²) in [6.07, 6.45) is 6.12. The van der Waals surface area contributed by atoms with E-state index in [2.05, 4.69) is 9.80 Å². The molecule has 0 spiro atoms. The highest BCUT2D eigenvalue weighted by atomic mass is 19.1. The van der Waals surface area contributed by atoms with Crippen molar-refractivity contribution in [1.82, 2.24) is 9.80 Å². The Labute approximate surface area is 178 Å². The predicted molar refractivity (Wildman–Crippen MR) is 115 cm³/mol. The van der Waals surface area contributed by atoms with Crippen molar-refractivity contribution < 1.29 is 18.7 Å². The number of hydrogen-bond acceptors (Lipinski definition) is 5. The Bertz CT molecular complexity index is 714. The van der Waals surface area contributed by atoms with Crippen LogP contribution in [0.25, 0.3) is 0 Å². The largest absolute Gasteiger partial charge is 0.490 e. The highest BCUT2D eigenvalue weighted by Gasteiger charge is 2.29. The third-order valence-electron chi connectivity index (χ3n) is 6.70. The molecule has 2 heterocycles. The zero-order valence-corrected chi connectivity index (χ0v) is 18.0. The smallest absolute Gasteiger partial charge is 0.223 e. The van der Waals surface area contributed by atoms with Gasteiger partial charge in [0.1, 0.15) is 11.9 Å². The number of carbonyl (C=O) groups is 1. The summed E-state index contributed by atoms with van der Waals surface area (Å²) in [5.41, 5.74) is 0.322. The second-order valence-electron chi connectivity index (χ2n) is 8.68. The summed E-state index contributed by atoms with van der Waals surface area (Å²) in [6.45, 7) is 7.90. The molecule has 3 fully saturated rings. The Hall–Kier alpha value is -1.70. The Morgan fingerprint density at radius 3 is 2.50 bits per heavy atom. The highest BCUT2D eigenvalue weighted by molar-refractivity contribution is 5.91. The highest BCUT2D eigenvalue weighted by Crippen LogP contribution is 2.30. The fraction of sp³-hybridized carbons (Fsp3) is 0.696. The second kappa shape index (κ2) is 10.1. The Morgan fingerprint density at radius 1 is 1.17 bits per heavy atom. The molecule has 1 aromatic carbocycles. The van der Waals surface area contributed by atoms with Gasteiger partial charge in [0.05, 0.1) is 18.9 Å². The minimum absolute atomic E-state index is 0.136. The van der Waals surface area contributed by atoms with Crippen LogP contribution in [0.1, 0.15) is 39.0 Å². The van der Waals surface area contributed by atoms with Gasteiger partial charge in [0, 0.05) is 58.3 Å². The fourth-order valence-electron chi connectivity index (χ4n) is 4.60. The molecule has 4 rings (SSSR count). The molecule has 7 heteroatoms. The Balaban J connectivity index is 1.32. The van der Waals surface area contributed by atoms with Crippen LogP contribution in [0.2, 0.25) is 0 Å². The third-order valence-corrected chi connectivity index (χ3v) is 6.70. The maximum absolute atomic E-state index is 14.9. The van der Waals surface area contributed by atoms with Crippen LogP contribution >= 0.6 is 0 Å². The molecule has 2 saturated heterocycles. The van der Waals surface area contributed by atoms with Gasteiger partial charge in [-0.05, 0) is 37.8 Å². The molecule has 1 amide bonds. The van der Waals surface area contributed by atoms with Gasteiger partial charge in [-0.15, -0.1) is 0 Å². The standard InChI is InChI=1S/C23H34FN3O3/c1-18(28)27(12-11-25-13-15-29-16-14-25)23-6-5-21(17-22(23)24)30-20-7-9-26(10-8-20)19-3-2-4-19/h5-6,17,19-20H,2-4,7-16H2,1H3. The van der Waals surface area contributed by atoms with Crippen molar-refractivity contribution in [3.05, 3.63) is 24.0 Å². The van der Waals surface area contributed by atoms with Gasteiger partial charge < -0.3 is 19.3 Å². The number of carbonyl (C=O) groups excluding carboxylic acids is 1. The number of likely N-dealkylation sites (tertiary alicyclic amines) is 1. The summed E-state index contributed by atoms with van der Waals surface area (Å²) < 4.78 is 26.3. The summed E-state index contributed by atoms with van der Waals surface area (Å²) in [5.74, 6) is -0.00852. The number of ether oxygens (including phenoxy) is 2. The van der Waals surface area contributed by atoms with Gasteiger partial charge in [0.25, 0.3) is 0 Å². The van der Waals surface area contributed by atoms with E-state index in [4.69, 9.17) is 9.47 Å². The maximum atomic E-state index is 14.9. The van der Waals surface area contributed by atoms with Gasteiger partial charge in [0.2, 0.25) is 5.91 Å². The number of piperidine rings is 1. The quantitative estimate of drug-likeness (QED) is 0.680. The fourth-order valence-corrected chi connectivity index (χ4v) is 4.60. The molecule has 1 saturated carbocycles. The maximum Gasteiger partial charge on any atom is 0.223 e. The molecule has 1 aliphatic carbocycles. The minimum Gasteiger partial charge on any atom is -0.490 e. The van der Waals surface area contributed by atoms with E-state index in [1.165, 1.54) is 37.2 Å². The molecule has 0 bridgehead atoms. The lowest BCUT2D eigenvalue weighted by atomic mass is 9.90. The number of morpholine rings is 1. The van der Waals surface area contributed by atoms with Crippen LogP contribution in [0.4, 0.5) is 10.1 Å². The first kappa shape index (κ1) is 21.5. The Kier molecular flexibility index (Phi) is 7.23. The van der Waals surface area contributed by atoms with E-state index in [9.17, 15) is 9.18 Å². The first-order valence-electron chi connectivity index (χ1n) is 11.4. The first-order chi connectivity index (χ1) is 14.6. The van der Waals surface area contributed by atoms with Gasteiger partial charge in [0.15, 0.2) is 5.82 Å². The number of amides is 1. The van der Waals surface area contributed by atoms with Crippen molar-refractivity contribution in [2.24, 2.45) is 0 Å². The van der Waals surface area contributed by atoms with E-state index in [0.29, 0.717) is 37.7 Å². The lowest BCUT2D eigenvalue weighted by molar-refractivity contribution is -0.116. The first-order valence-corrected chi connectivity index (χ1v) is 11.4. The van der Waals surface area contributed by atoms with Crippen molar-refractivity contribution in [3.63, 3.8) is 0 Å². The van der Waals surface area contributed by atoms with E-state index in [0.717, 1.165) is 45.1 Å². The topological polar surface area (TPSA) is 45.3 Å². The lowest BCUT2D eigenvalue weighted by Crippen LogP contribution is -2.46. The van der Waals surface area contributed by atoms with Crippen molar-refractivity contribution in [1.29, 1.82) is 0 Å². The van der Waals surface area contributed by atoms with Gasteiger partial charge in [-0.1, -0.05) is 6.42 Å². The molecule has 0 atom stereocenters. The van der Waals surface area contributed by atoms with Gasteiger partial charge in [-0.2, -0.15) is 0 Å². The van der Waals surface area contributed by atoms with Crippen molar-refractivity contribution in [2.45, 2.75) is 51.2 Å². The minimum atomic E-state index is -0.406. The van der Waals surface area contributed by atoms with E-state index in [1.807, 2.05) is 0 Å². The van der Waals surface area contributed by atoms with E-state index in [1.54, 1.807) is 12.1 Å². The number of anilines is 1. The number of hydrogen-bond donors (Lipinski definition) is 0. The molecule has 0 unspecified atom stereocenters. The molecular weight excluding hydrogens is 385 g/mol. The SMILES string of the molecule is CC(=O)N(CCN1CCOCC1)c1ccc(OC2CCN(C3CCC3)CC2)cc1F. The zero-order valence-electron chi connectivity index (χ0n) is 18.0. The molecule has 0 aromatic heterocycles. The van der Waals surface area contributed by atoms with Crippen LogP contribution in [-0.2, 0) is 9.53 Å².